The van der Waals surface area contributed by atoms with Gasteiger partial charge in [-0.3, -0.25) is 0 Å². The molecule has 0 radical (unpaired) electrons. The Hall–Kier alpha value is -1.26. The molecule has 1 unspecified atom stereocenters. The lowest BCUT2D eigenvalue weighted by Gasteiger charge is -2.19. The number of nitrogens with one attached hydrogen (secondary N) is 1. The van der Waals surface area contributed by atoms with Gasteiger partial charge in [-0.15, -0.1) is 0 Å². The van der Waals surface area contributed by atoms with Gasteiger partial charge in [-0.2, -0.15) is 0 Å². The number of aryl methyl sites for hydroxylation is 1. The summed E-state index contributed by atoms with van der Waals surface area (Å²) < 4.78 is 28.5. The van der Waals surface area contributed by atoms with Gasteiger partial charge in [-0.1, -0.05) is 24.3 Å². The molecule has 1 nitrogen and oxygen atoms in total. The molecule has 2 aromatic rings. The molecule has 0 aliphatic rings. The van der Waals surface area contributed by atoms with Gasteiger partial charge in [0.1, 0.15) is 11.6 Å². The summed E-state index contributed by atoms with van der Waals surface area (Å²) >= 11 is 3.15. The van der Waals surface area contributed by atoms with E-state index in [-0.39, 0.29) is 11.6 Å². The molecular formula is C15H14BrF2N. The molecule has 0 aliphatic heterocycles. The van der Waals surface area contributed by atoms with Crippen LogP contribution in [-0.4, -0.2) is 7.05 Å². The number of benzene rings is 2. The summed E-state index contributed by atoms with van der Waals surface area (Å²) in [6, 6.07) is 9.45. The Bertz CT molecular complexity index is 599. The smallest absolute Gasteiger partial charge is 0.142 e. The summed E-state index contributed by atoms with van der Waals surface area (Å²) in [6.45, 7) is 1.82. The van der Waals surface area contributed by atoms with E-state index in [0.29, 0.717) is 15.6 Å². The van der Waals surface area contributed by atoms with Crippen LogP contribution in [0.5, 0.6) is 0 Å². The van der Waals surface area contributed by atoms with Gasteiger partial charge in [-0.25, -0.2) is 8.78 Å². The molecule has 100 valence electrons. The minimum absolute atomic E-state index is 0.335. The average molecular weight is 326 g/mol. The third kappa shape index (κ3) is 2.85. The standard InChI is InChI=1S/C15H14BrF2N/c1-9-6-7-10(13(17)8-9)15(19-2)11-4-3-5-12(16)14(11)18/h3-8,15,19H,1-2H3. The highest BCUT2D eigenvalue weighted by molar-refractivity contribution is 9.10. The Morgan fingerprint density at radius 2 is 1.84 bits per heavy atom. The first kappa shape index (κ1) is 14.2. The molecule has 2 aromatic carbocycles. The number of hydrogen-bond acceptors (Lipinski definition) is 1. The van der Waals surface area contributed by atoms with Crippen LogP contribution in [0.15, 0.2) is 40.9 Å². The van der Waals surface area contributed by atoms with Crippen LogP contribution in [0.2, 0.25) is 0 Å². The van der Waals surface area contributed by atoms with Crippen LogP contribution >= 0.6 is 15.9 Å². The number of halogens is 3. The molecule has 4 heteroatoms. The highest BCUT2D eigenvalue weighted by Crippen LogP contribution is 2.29. The minimum atomic E-state index is -0.516. The maximum Gasteiger partial charge on any atom is 0.142 e. The van der Waals surface area contributed by atoms with Gasteiger partial charge >= 0.3 is 0 Å². The van der Waals surface area contributed by atoms with Crippen molar-refractivity contribution in [3.8, 4) is 0 Å². The molecule has 0 fully saturated rings. The maximum atomic E-state index is 14.1. The van der Waals surface area contributed by atoms with Gasteiger partial charge in [0.15, 0.2) is 0 Å². The van der Waals surface area contributed by atoms with E-state index in [0.717, 1.165) is 5.56 Å². The number of rotatable bonds is 3. The van der Waals surface area contributed by atoms with Crippen LogP contribution in [-0.2, 0) is 0 Å². The van der Waals surface area contributed by atoms with E-state index in [1.54, 1.807) is 31.3 Å². The fourth-order valence-corrected chi connectivity index (χ4v) is 2.47. The van der Waals surface area contributed by atoms with Crippen LogP contribution < -0.4 is 5.32 Å². The van der Waals surface area contributed by atoms with E-state index in [9.17, 15) is 8.78 Å². The molecule has 19 heavy (non-hydrogen) atoms. The van der Waals surface area contributed by atoms with Gasteiger partial charge in [0.05, 0.1) is 10.5 Å². The predicted octanol–water partition coefficient (Wildman–Crippen LogP) is 4.34. The Balaban J connectivity index is 2.53. The van der Waals surface area contributed by atoms with Crippen molar-refractivity contribution in [1.82, 2.24) is 5.32 Å². The molecule has 0 saturated heterocycles. The molecule has 2 rings (SSSR count). The van der Waals surface area contributed by atoms with Crippen molar-refractivity contribution in [1.29, 1.82) is 0 Å². The van der Waals surface area contributed by atoms with Crippen molar-refractivity contribution in [2.75, 3.05) is 7.05 Å². The molecule has 0 heterocycles. The van der Waals surface area contributed by atoms with Gasteiger partial charge in [0.2, 0.25) is 0 Å². The van der Waals surface area contributed by atoms with E-state index in [2.05, 4.69) is 21.2 Å². The second-order valence-corrected chi connectivity index (χ2v) is 5.24. The lowest BCUT2D eigenvalue weighted by molar-refractivity contribution is 0.544. The summed E-state index contributed by atoms with van der Waals surface area (Å²) in [7, 11) is 1.68. The third-order valence-electron chi connectivity index (χ3n) is 3.05. The van der Waals surface area contributed by atoms with E-state index in [1.807, 2.05) is 13.0 Å². The van der Waals surface area contributed by atoms with Crippen LogP contribution in [0.3, 0.4) is 0 Å². The second-order valence-electron chi connectivity index (χ2n) is 4.39. The van der Waals surface area contributed by atoms with Crippen LogP contribution in [0.4, 0.5) is 8.78 Å². The molecule has 1 N–H and O–H groups in total. The SMILES string of the molecule is CNC(c1ccc(C)cc1F)c1cccc(Br)c1F. The molecule has 0 aromatic heterocycles. The summed E-state index contributed by atoms with van der Waals surface area (Å²) in [6.07, 6.45) is 0. The fraction of sp³-hybridized carbons (Fsp3) is 0.200. The van der Waals surface area contributed by atoms with Gasteiger partial charge in [0.25, 0.3) is 0 Å². The summed E-state index contributed by atoms with van der Waals surface area (Å²) in [5.74, 6) is -0.708. The predicted molar refractivity (Wildman–Crippen MR) is 76.1 cm³/mol. The minimum Gasteiger partial charge on any atom is -0.309 e. The van der Waals surface area contributed by atoms with Crippen molar-refractivity contribution in [2.24, 2.45) is 0 Å². The molecule has 0 spiro atoms. The Kier molecular flexibility index (Phi) is 4.32. The fourth-order valence-electron chi connectivity index (χ4n) is 2.09. The van der Waals surface area contributed by atoms with Crippen molar-refractivity contribution in [3.05, 3.63) is 69.2 Å². The molecule has 0 saturated carbocycles. The highest BCUT2D eigenvalue weighted by atomic mass is 79.9. The third-order valence-corrected chi connectivity index (χ3v) is 3.66. The van der Waals surface area contributed by atoms with Crippen molar-refractivity contribution < 1.29 is 8.78 Å². The summed E-state index contributed by atoms with van der Waals surface area (Å²) in [5.41, 5.74) is 1.69. The monoisotopic (exact) mass is 325 g/mol. The quantitative estimate of drug-likeness (QED) is 0.884. The summed E-state index contributed by atoms with van der Waals surface area (Å²) in [4.78, 5) is 0. The van der Waals surface area contributed by atoms with E-state index in [4.69, 9.17) is 0 Å². The van der Waals surface area contributed by atoms with Crippen LogP contribution in [0.25, 0.3) is 0 Å². The molecule has 0 amide bonds. The first-order chi connectivity index (χ1) is 9.04. The van der Waals surface area contributed by atoms with E-state index < -0.39 is 6.04 Å². The first-order valence-corrected chi connectivity index (χ1v) is 6.71. The van der Waals surface area contributed by atoms with Gasteiger partial charge in [0, 0.05) is 11.1 Å². The zero-order chi connectivity index (χ0) is 14.0. The highest BCUT2D eigenvalue weighted by Gasteiger charge is 2.20. The molecule has 1 atom stereocenters. The van der Waals surface area contributed by atoms with E-state index in [1.165, 1.54) is 6.07 Å². The Morgan fingerprint density at radius 3 is 2.47 bits per heavy atom. The zero-order valence-corrected chi connectivity index (χ0v) is 12.3. The van der Waals surface area contributed by atoms with Crippen molar-refractivity contribution >= 4 is 15.9 Å². The lowest BCUT2D eigenvalue weighted by Crippen LogP contribution is -2.20. The van der Waals surface area contributed by atoms with Gasteiger partial charge < -0.3 is 5.32 Å². The van der Waals surface area contributed by atoms with Gasteiger partial charge in [-0.05, 0) is 47.6 Å². The average Bonchev–Trinajstić information content (AvgIpc) is 2.37. The van der Waals surface area contributed by atoms with Crippen molar-refractivity contribution in [2.45, 2.75) is 13.0 Å². The Morgan fingerprint density at radius 1 is 1.11 bits per heavy atom. The van der Waals surface area contributed by atoms with Crippen LogP contribution in [0, 0.1) is 18.6 Å². The first-order valence-electron chi connectivity index (χ1n) is 5.92. The number of hydrogen-bond donors (Lipinski definition) is 1. The zero-order valence-electron chi connectivity index (χ0n) is 10.7. The normalized spacial score (nSPS) is 12.5. The van der Waals surface area contributed by atoms with Crippen LogP contribution in [0.1, 0.15) is 22.7 Å². The van der Waals surface area contributed by atoms with E-state index >= 15 is 0 Å². The maximum absolute atomic E-state index is 14.1. The lowest BCUT2D eigenvalue weighted by atomic mass is 9.97. The second kappa shape index (κ2) is 5.80. The molecule has 0 bridgehead atoms. The van der Waals surface area contributed by atoms with Crippen molar-refractivity contribution in [3.63, 3.8) is 0 Å². The topological polar surface area (TPSA) is 12.0 Å². The molecular weight excluding hydrogens is 312 g/mol. The molecule has 0 aliphatic carbocycles. The Labute approximate surface area is 119 Å². The largest absolute Gasteiger partial charge is 0.309 e. The summed E-state index contributed by atoms with van der Waals surface area (Å²) in [5, 5.41) is 2.96.